The first kappa shape index (κ1) is 18.4. The number of carbonyl (C=O) groups is 2. The first-order valence-electron chi connectivity index (χ1n) is 8.06. The van der Waals surface area contributed by atoms with Gasteiger partial charge in [-0.1, -0.05) is 31.4 Å². The van der Waals surface area contributed by atoms with Crippen molar-refractivity contribution in [2.24, 2.45) is 0 Å². The molecule has 1 saturated carbocycles. The number of hydrogen-bond donors (Lipinski definition) is 1. The van der Waals surface area contributed by atoms with Crippen molar-refractivity contribution in [2.45, 2.75) is 43.9 Å². The number of carbonyl (C=O) groups excluding carboxylic acids is 2. The monoisotopic (exact) mass is 353 g/mol. The number of sulfone groups is 1. The van der Waals surface area contributed by atoms with E-state index in [0.29, 0.717) is 5.56 Å². The van der Waals surface area contributed by atoms with Gasteiger partial charge in [0, 0.05) is 12.3 Å². The van der Waals surface area contributed by atoms with Crippen LogP contribution in [0, 0.1) is 0 Å². The highest BCUT2D eigenvalue weighted by molar-refractivity contribution is 7.89. The van der Waals surface area contributed by atoms with Gasteiger partial charge in [0.15, 0.2) is 16.4 Å². The molecule has 7 heteroatoms. The van der Waals surface area contributed by atoms with Gasteiger partial charge in [0.25, 0.3) is 5.91 Å². The minimum Gasteiger partial charge on any atom is -0.452 e. The molecule has 1 aliphatic carbocycles. The second-order valence-corrected chi connectivity index (χ2v) is 8.39. The van der Waals surface area contributed by atoms with Crippen LogP contribution in [-0.2, 0) is 25.1 Å². The van der Waals surface area contributed by atoms with E-state index in [9.17, 15) is 18.0 Å². The molecule has 132 valence electrons. The van der Waals surface area contributed by atoms with E-state index < -0.39 is 15.8 Å². The summed E-state index contributed by atoms with van der Waals surface area (Å²) >= 11 is 0. The van der Waals surface area contributed by atoms with Gasteiger partial charge in [-0.2, -0.15) is 0 Å². The van der Waals surface area contributed by atoms with Gasteiger partial charge >= 0.3 is 5.97 Å². The Balaban J connectivity index is 1.85. The predicted octanol–water partition coefficient (Wildman–Crippen LogP) is 1.84. The normalized spacial score (nSPS) is 15.7. The SMILES string of the molecule is CS(=O)(=O)Cc1cccc(C(=O)OCC(=O)NC2CCCCC2)c1. The van der Waals surface area contributed by atoms with Gasteiger partial charge in [-0.3, -0.25) is 4.79 Å². The van der Waals surface area contributed by atoms with Crippen molar-refractivity contribution in [3.8, 4) is 0 Å². The van der Waals surface area contributed by atoms with Crippen LogP contribution in [0.25, 0.3) is 0 Å². The summed E-state index contributed by atoms with van der Waals surface area (Å²) in [5.41, 5.74) is 0.750. The molecule has 1 aliphatic rings. The van der Waals surface area contributed by atoms with E-state index in [1.165, 1.54) is 18.6 Å². The third-order valence-electron chi connectivity index (χ3n) is 3.90. The number of rotatable bonds is 6. The quantitative estimate of drug-likeness (QED) is 0.788. The van der Waals surface area contributed by atoms with Crippen molar-refractivity contribution in [3.05, 3.63) is 35.4 Å². The Morgan fingerprint density at radius 3 is 2.58 bits per heavy atom. The van der Waals surface area contributed by atoms with Crippen LogP contribution in [0.2, 0.25) is 0 Å². The summed E-state index contributed by atoms with van der Waals surface area (Å²) in [5, 5.41) is 2.87. The van der Waals surface area contributed by atoms with Crippen LogP contribution in [0.1, 0.15) is 48.0 Å². The fourth-order valence-corrected chi connectivity index (χ4v) is 3.61. The highest BCUT2D eigenvalue weighted by Crippen LogP contribution is 2.17. The number of nitrogens with one attached hydrogen (secondary N) is 1. The van der Waals surface area contributed by atoms with Crippen LogP contribution in [0.5, 0.6) is 0 Å². The molecule has 1 aromatic rings. The summed E-state index contributed by atoms with van der Waals surface area (Å²) < 4.78 is 27.6. The summed E-state index contributed by atoms with van der Waals surface area (Å²) in [4.78, 5) is 23.8. The average molecular weight is 353 g/mol. The molecule has 0 bridgehead atoms. The number of amides is 1. The summed E-state index contributed by atoms with van der Waals surface area (Å²) in [5.74, 6) is -1.08. The molecule has 0 heterocycles. The van der Waals surface area contributed by atoms with Crippen LogP contribution in [0.3, 0.4) is 0 Å². The first-order valence-corrected chi connectivity index (χ1v) is 10.1. The highest BCUT2D eigenvalue weighted by atomic mass is 32.2. The Morgan fingerprint density at radius 1 is 1.21 bits per heavy atom. The third-order valence-corrected chi connectivity index (χ3v) is 4.75. The molecule has 0 atom stereocenters. The van der Waals surface area contributed by atoms with Crippen molar-refractivity contribution in [3.63, 3.8) is 0 Å². The lowest BCUT2D eigenvalue weighted by Gasteiger charge is -2.22. The van der Waals surface area contributed by atoms with Gasteiger partial charge in [-0.25, -0.2) is 13.2 Å². The minimum atomic E-state index is -3.18. The average Bonchev–Trinajstić information content (AvgIpc) is 2.52. The second-order valence-electron chi connectivity index (χ2n) is 6.25. The fraction of sp³-hybridized carbons (Fsp3) is 0.529. The molecule has 0 aliphatic heterocycles. The molecule has 6 nitrogen and oxygen atoms in total. The van der Waals surface area contributed by atoms with Gasteiger partial charge < -0.3 is 10.1 Å². The van der Waals surface area contributed by atoms with Crippen molar-refractivity contribution in [1.29, 1.82) is 0 Å². The van der Waals surface area contributed by atoms with Crippen LogP contribution in [0.4, 0.5) is 0 Å². The second kappa shape index (κ2) is 8.28. The van der Waals surface area contributed by atoms with Crippen molar-refractivity contribution >= 4 is 21.7 Å². The maximum Gasteiger partial charge on any atom is 0.338 e. The van der Waals surface area contributed by atoms with Crippen LogP contribution < -0.4 is 5.32 Å². The van der Waals surface area contributed by atoms with E-state index >= 15 is 0 Å². The topological polar surface area (TPSA) is 89.5 Å². The molecule has 0 aromatic heterocycles. The standard InChI is InChI=1S/C17H23NO5S/c1-24(21,22)12-13-6-5-7-14(10-13)17(20)23-11-16(19)18-15-8-3-2-4-9-15/h5-7,10,15H,2-4,8-9,11-12H2,1H3,(H,18,19). The summed E-state index contributed by atoms with van der Waals surface area (Å²) in [6.07, 6.45) is 6.48. The summed E-state index contributed by atoms with van der Waals surface area (Å²) in [6.45, 7) is -0.328. The molecule has 2 rings (SSSR count). The molecule has 1 amide bonds. The molecule has 0 radical (unpaired) electrons. The molecule has 0 saturated heterocycles. The van der Waals surface area contributed by atoms with Crippen molar-refractivity contribution in [2.75, 3.05) is 12.9 Å². The molecule has 0 spiro atoms. The van der Waals surface area contributed by atoms with Crippen molar-refractivity contribution < 1.29 is 22.7 Å². The lowest BCUT2D eigenvalue weighted by Crippen LogP contribution is -2.38. The molecule has 1 fully saturated rings. The van der Waals surface area contributed by atoms with Gasteiger partial charge in [-0.15, -0.1) is 0 Å². The highest BCUT2D eigenvalue weighted by Gasteiger charge is 2.17. The lowest BCUT2D eigenvalue weighted by atomic mass is 9.95. The Labute approximate surface area is 142 Å². The van der Waals surface area contributed by atoms with E-state index in [2.05, 4.69) is 5.32 Å². The van der Waals surface area contributed by atoms with E-state index in [1.807, 2.05) is 0 Å². The lowest BCUT2D eigenvalue weighted by molar-refractivity contribution is -0.125. The Kier molecular flexibility index (Phi) is 6.36. The maximum atomic E-state index is 12.0. The smallest absolute Gasteiger partial charge is 0.338 e. The van der Waals surface area contributed by atoms with Crippen LogP contribution in [-0.4, -0.2) is 39.2 Å². The summed E-state index contributed by atoms with van der Waals surface area (Å²) in [7, 11) is -3.18. The third kappa shape index (κ3) is 6.31. The first-order chi connectivity index (χ1) is 11.3. The zero-order valence-electron chi connectivity index (χ0n) is 13.8. The zero-order chi connectivity index (χ0) is 17.6. The summed E-state index contributed by atoms with van der Waals surface area (Å²) in [6, 6.07) is 6.41. The van der Waals surface area contributed by atoms with Crippen molar-refractivity contribution in [1.82, 2.24) is 5.32 Å². The van der Waals surface area contributed by atoms with E-state index in [-0.39, 0.29) is 29.9 Å². The fourth-order valence-electron chi connectivity index (χ4n) is 2.82. The van der Waals surface area contributed by atoms with Gasteiger partial charge in [0.05, 0.1) is 11.3 Å². The van der Waals surface area contributed by atoms with E-state index in [4.69, 9.17) is 4.74 Å². The Morgan fingerprint density at radius 2 is 1.92 bits per heavy atom. The van der Waals surface area contributed by atoms with E-state index in [0.717, 1.165) is 31.9 Å². The van der Waals surface area contributed by atoms with E-state index in [1.54, 1.807) is 12.1 Å². The zero-order valence-corrected chi connectivity index (χ0v) is 14.6. The molecular formula is C17H23NO5S. The largest absolute Gasteiger partial charge is 0.452 e. The predicted molar refractivity (Wildman–Crippen MR) is 90.3 cm³/mol. The molecule has 0 unspecified atom stereocenters. The van der Waals surface area contributed by atoms with Crippen LogP contribution in [0.15, 0.2) is 24.3 Å². The number of ether oxygens (including phenoxy) is 1. The number of hydrogen-bond acceptors (Lipinski definition) is 5. The van der Waals surface area contributed by atoms with Gasteiger partial charge in [0.1, 0.15) is 0 Å². The maximum absolute atomic E-state index is 12.0. The van der Waals surface area contributed by atoms with Gasteiger partial charge in [0.2, 0.25) is 0 Å². The molecule has 24 heavy (non-hydrogen) atoms. The molecule has 1 aromatic carbocycles. The van der Waals surface area contributed by atoms with Crippen LogP contribution >= 0.6 is 0 Å². The number of esters is 1. The molecular weight excluding hydrogens is 330 g/mol. The minimum absolute atomic E-state index is 0.143. The Hall–Kier alpha value is -1.89. The molecule has 1 N–H and O–H groups in total. The van der Waals surface area contributed by atoms with Gasteiger partial charge in [-0.05, 0) is 30.5 Å². The Bertz CT molecular complexity index is 693. The number of benzene rings is 1.